The molecule has 2 aliphatic heterocycles. The van der Waals surface area contributed by atoms with Gasteiger partial charge in [-0.3, -0.25) is 9.59 Å². The highest BCUT2D eigenvalue weighted by Gasteiger charge is 2.42. The molecule has 5 nitrogen and oxygen atoms in total. The lowest BCUT2D eigenvalue weighted by Crippen LogP contribution is -2.51. The molecular formula is C25H26FNO4. The molecule has 2 aliphatic rings. The maximum Gasteiger partial charge on any atom is 0.181 e. The SMILES string of the molecule is O=C(/C=C/c1ccc2c(c1)C(=O)CC1(CCN(CCc3ccccc3F)CC1)O2)CO. The Morgan fingerprint density at radius 2 is 1.97 bits per heavy atom. The third-order valence-electron chi connectivity index (χ3n) is 6.15. The van der Waals surface area contributed by atoms with Gasteiger partial charge in [0.2, 0.25) is 0 Å². The summed E-state index contributed by atoms with van der Waals surface area (Å²) in [7, 11) is 0. The van der Waals surface area contributed by atoms with Crippen LogP contribution in [0, 0.1) is 5.82 Å². The topological polar surface area (TPSA) is 66.8 Å². The van der Waals surface area contributed by atoms with Crippen LogP contribution >= 0.6 is 0 Å². The zero-order chi connectivity index (χ0) is 21.8. The third kappa shape index (κ3) is 4.92. The number of ether oxygens (including phenoxy) is 1. The van der Waals surface area contributed by atoms with Gasteiger partial charge in [-0.15, -0.1) is 0 Å². The lowest BCUT2D eigenvalue weighted by atomic mass is 9.82. The van der Waals surface area contributed by atoms with Crippen LogP contribution in [0.5, 0.6) is 5.75 Å². The van der Waals surface area contributed by atoms with Gasteiger partial charge in [0.1, 0.15) is 23.8 Å². The molecule has 1 N–H and O–H groups in total. The Labute approximate surface area is 181 Å². The van der Waals surface area contributed by atoms with Crippen molar-refractivity contribution in [2.24, 2.45) is 0 Å². The standard InChI is InChI=1S/C25H26FNO4/c26-22-4-2-1-3-19(22)9-12-27-13-10-25(11-14-27)16-23(30)21-15-18(5-7-20(29)17-28)6-8-24(21)31-25/h1-8,15,28H,9-14,16-17H2/b7-5+. The summed E-state index contributed by atoms with van der Waals surface area (Å²) in [6, 6.07) is 12.2. The molecule has 6 heteroatoms. The molecule has 2 aromatic rings. The van der Waals surface area contributed by atoms with E-state index < -0.39 is 12.2 Å². The minimum Gasteiger partial charge on any atom is -0.486 e. The van der Waals surface area contributed by atoms with Gasteiger partial charge < -0.3 is 14.7 Å². The van der Waals surface area contributed by atoms with E-state index in [9.17, 15) is 14.0 Å². The molecule has 1 saturated heterocycles. The zero-order valence-electron chi connectivity index (χ0n) is 17.4. The number of Topliss-reactive ketones (excluding diaryl/α,β-unsaturated/α-hetero) is 1. The first kappa shape index (κ1) is 21.4. The van der Waals surface area contributed by atoms with Crippen LogP contribution in [0.3, 0.4) is 0 Å². The van der Waals surface area contributed by atoms with Gasteiger partial charge in [-0.25, -0.2) is 4.39 Å². The number of aliphatic hydroxyl groups is 1. The number of piperidine rings is 1. The lowest BCUT2D eigenvalue weighted by molar-refractivity contribution is -0.117. The van der Waals surface area contributed by atoms with Crippen LogP contribution in [-0.2, 0) is 11.2 Å². The summed E-state index contributed by atoms with van der Waals surface area (Å²) in [6.07, 6.45) is 5.39. The van der Waals surface area contributed by atoms with Crippen LogP contribution in [0.2, 0.25) is 0 Å². The Bertz CT molecular complexity index is 1010. The third-order valence-corrected chi connectivity index (χ3v) is 6.15. The van der Waals surface area contributed by atoms with Crippen LogP contribution in [0.4, 0.5) is 4.39 Å². The first-order valence-electron chi connectivity index (χ1n) is 10.6. The van der Waals surface area contributed by atoms with Crippen LogP contribution in [-0.4, -0.2) is 53.4 Å². The van der Waals surface area contributed by atoms with Gasteiger partial charge in [-0.1, -0.05) is 30.3 Å². The van der Waals surface area contributed by atoms with E-state index in [0.717, 1.165) is 43.6 Å². The maximum atomic E-state index is 13.8. The number of hydrogen-bond acceptors (Lipinski definition) is 5. The lowest BCUT2D eigenvalue weighted by Gasteiger charge is -2.44. The van der Waals surface area contributed by atoms with E-state index in [1.807, 2.05) is 12.1 Å². The highest BCUT2D eigenvalue weighted by atomic mass is 19.1. The van der Waals surface area contributed by atoms with E-state index in [1.165, 1.54) is 12.1 Å². The van der Waals surface area contributed by atoms with Crippen molar-refractivity contribution < 1.29 is 23.8 Å². The predicted molar refractivity (Wildman–Crippen MR) is 116 cm³/mol. The number of nitrogens with zero attached hydrogens (tertiary/aromatic N) is 1. The van der Waals surface area contributed by atoms with Crippen molar-refractivity contribution >= 4 is 17.6 Å². The molecule has 0 aliphatic carbocycles. The van der Waals surface area contributed by atoms with Crippen LogP contribution in [0.15, 0.2) is 48.5 Å². The maximum absolute atomic E-state index is 13.8. The molecule has 1 spiro atoms. The number of likely N-dealkylation sites (tertiary alicyclic amines) is 1. The second-order valence-electron chi connectivity index (χ2n) is 8.28. The van der Waals surface area contributed by atoms with Crippen molar-refractivity contribution in [2.75, 3.05) is 26.2 Å². The summed E-state index contributed by atoms with van der Waals surface area (Å²) in [4.78, 5) is 26.4. The molecule has 31 heavy (non-hydrogen) atoms. The quantitative estimate of drug-likeness (QED) is 0.721. The van der Waals surface area contributed by atoms with Crippen molar-refractivity contribution in [3.05, 3.63) is 71.0 Å². The average molecular weight is 423 g/mol. The minimum absolute atomic E-state index is 0.0461. The fourth-order valence-corrected chi connectivity index (χ4v) is 4.30. The molecule has 0 saturated carbocycles. The number of rotatable bonds is 6. The molecule has 0 amide bonds. The molecule has 2 aromatic carbocycles. The largest absolute Gasteiger partial charge is 0.486 e. The second-order valence-corrected chi connectivity index (χ2v) is 8.28. The Morgan fingerprint density at radius 1 is 1.19 bits per heavy atom. The number of benzene rings is 2. The van der Waals surface area contributed by atoms with Gasteiger partial charge in [-0.05, 0) is 41.8 Å². The van der Waals surface area contributed by atoms with Crippen molar-refractivity contribution in [2.45, 2.75) is 31.3 Å². The summed E-state index contributed by atoms with van der Waals surface area (Å²) in [5, 5.41) is 8.82. The molecule has 162 valence electrons. The van der Waals surface area contributed by atoms with Gasteiger partial charge in [-0.2, -0.15) is 0 Å². The number of carbonyl (C=O) groups excluding carboxylic acids is 2. The molecule has 4 rings (SSSR count). The van der Waals surface area contributed by atoms with E-state index in [1.54, 1.807) is 30.3 Å². The smallest absolute Gasteiger partial charge is 0.181 e. The van der Waals surface area contributed by atoms with Crippen LogP contribution in [0.1, 0.15) is 40.7 Å². The number of aliphatic hydroxyl groups excluding tert-OH is 1. The van der Waals surface area contributed by atoms with E-state index >= 15 is 0 Å². The number of carbonyl (C=O) groups is 2. The molecule has 0 radical (unpaired) electrons. The summed E-state index contributed by atoms with van der Waals surface area (Å²) < 4.78 is 20.2. The Morgan fingerprint density at radius 3 is 2.71 bits per heavy atom. The Hall–Kier alpha value is -2.83. The molecule has 2 heterocycles. The summed E-state index contributed by atoms with van der Waals surface area (Å²) in [6.45, 7) is 1.86. The Kier molecular flexibility index (Phi) is 6.30. The van der Waals surface area contributed by atoms with E-state index in [0.29, 0.717) is 24.2 Å². The summed E-state index contributed by atoms with van der Waals surface area (Å²) in [5.74, 6) is 0.0798. The number of ketones is 2. The highest BCUT2D eigenvalue weighted by Crippen LogP contribution is 2.39. The van der Waals surface area contributed by atoms with Crippen molar-refractivity contribution in [3.63, 3.8) is 0 Å². The fraction of sp³-hybridized carbons (Fsp3) is 0.360. The molecule has 0 atom stereocenters. The molecule has 0 bridgehead atoms. The van der Waals surface area contributed by atoms with Crippen molar-refractivity contribution in [3.8, 4) is 5.75 Å². The summed E-state index contributed by atoms with van der Waals surface area (Å²) >= 11 is 0. The first-order chi connectivity index (χ1) is 15.0. The molecular weight excluding hydrogens is 397 g/mol. The monoisotopic (exact) mass is 423 g/mol. The number of fused-ring (bicyclic) bond motifs is 1. The van der Waals surface area contributed by atoms with E-state index in [4.69, 9.17) is 9.84 Å². The molecule has 0 aromatic heterocycles. The first-order valence-corrected chi connectivity index (χ1v) is 10.6. The van der Waals surface area contributed by atoms with Crippen LogP contribution in [0.25, 0.3) is 6.08 Å². The second kappa shape index (κ2) is 9.12. The van der Waals surface area contributed by atoms with Crippen LogP contribution < -0.4 is 4.74 Å². The van der Waals surface area contributed by atoms with Gasteiger partial charge in [0.15, 0.2) is 11.6 Å². The van der Waals surface area contributed by atoms with Gasteiger partial charge in [0.25, 0.3) is 0 Å². The molecule has 1 fully saturated rings. The van der Waals surface area contributed by atoms with Gasteiger partial charge in [0.05, 0.1) is 12.0 Å². The number of hydrogen-bond donors (Lipinski definition) is 1. The van der Waals surface area contributed by atoms with Gasteiger partial charge >= 0.3 is 0 Å². The zero-order valence-corrected chi connectivity index (χ0v) is 17.4. The van der Waals surface area contributed by atoms with Crippen molar-refractivity contribution in [1.29, 1.82) is 0 Å². The van der Waals surface area contributed by atoms with E-state index in [2.05, 4.69) is 4.90 Å². The average Bonchev–Trinajstić information content (AvgIpc) is 2.78. The highest BCUT2D eigenvalue weighted by molar-refractivity contribution is 6.01. The minimum atomic E-state index is -0.538. The van der Waals surface area contributed by atoms with Gasteiger partial charge in [0, 0.05) is 32.5 Å². The van der Waals surface area contributed by atoms with Crippen molar-refractivity contribution in [1.82, 2.24) is 4.90 Å². The predicted octanol–water partition coefficient (Wildman–Crippen LogP) is 3.44. The summed E-state index contributed by atoms with van der Waals surface area (Å²) in [5.41, 5.74) is 1.50. The number of halogens is 1. The Balaban J connectivity index is 1.38. The molecule has 0 unspecified atom stereocenters. The fourth-order valence-electron chi connectivity index (χ4n) is 4.30. The van der Waals surface area contributed by atoms with E-state index in [-0.39, 0.29) is 17.4 Å². The normalized spacial score (nSPS) is 18.2.